The maximum Gasteiger partial charge on any atom is 0.124 e. The van der Waals surface area contributed by atoms with E-state index in [0.717, 1.165) is 13.1 Å². The summed E-state index contributed by atoms with van der Waals surface area (Å²) in [4.78, 5) is 8.39. The average Bonchev–Trinajstić information content (AvgIpc) is 2.69. The number of aromatic hydroxyl groups is 2. The molecule has 0 spiro atoms. The first kappa shape index (κ1) is 22.9. The molecule has 1 fully saturated rings. The van der Waals surface area contributed by atoms with E-state index in [0.29, 0.717) is 24.2 Å². The molecule has 0 saturated carbocycles. The second-order valence-electron chi connectivity index (χ2n) is 5.92. The number of nitrogens with zero attached hydrogens (tertiary/aromatic N) is 3. The van der Waals surface area contributed by atoms with Gasteiger partial charge in [-0.15, -0.1) is 13.1 Å². The van der Waals surface area contributed by atoms with Crippen LogP contribution in [0.4, 0.5) is 0 Å². The van der Waals surface area contributed by atoms with Crippen molar-refractivity contribution in [3.8, 4) is 11.5 Å². The van der Waals surface area contributed by atoms with Gasteiger partial charge in [-0.25, -0.2) is 0 Å². The summed E-state index contributed by atoms with van der Waals surface area (Å²) in [5.41, 5.74) is 1.38. The Morgan fingerprint density at radius 3 is 1.52 bits per heavy atom. The predicted octanol–water partition coefficient (Wildman–Crippen LogP) is 4.18. The van der Waals surface area contributed by atoms with Gasteiger partial charge in [-0.05, 0) is 24.3 Å². The molecule has 0 bridgehead atoms. The van der Waals surface area contributed by atoms with Gasteiger partial charge in [0.2, 0.25) is 0 Å². The molecular formula is C21H26CoN3O2-. The average molecular weight is 411 g/mol. The second-order valence-corrected chi connectivity index (χ2v) is 5.92. The van der Waals surface area contributed by atoms with Crippen molar-refractivity contribution in [3.63, 3.8) is 0 Å². The van der Waals surface area contributed by atoms with Gasteiger partial charge in [-0.1, -0.05) is 43.5 Å². The zero-order valence-corrected chi connectivity index (χ0v) is 16.3. The van der Waals surface area contributed by atoms with Crippen LogP contribution in [0.25, 0.3) is 5.32 Å². The predicted molar refractivity (Wildman–Crippen MR) is 108 cm³/mol. The first-order chi connectivity index (χ1) is 12.8. The second kappa shape index (κ2) is 14.0. The monoisotopic (exact) mass is 411 g/mol. The Kier molecular flexibility index (Phi) is 11.8. The third kappa shape index (κ3) is 9.37. The van der Waals surface area contributed by atoms with Crippen LogP contribution in [-0.2, 0) is 16.8 Å². The summed E-state index contributed by atoms with van der Waals surface area (Å²) in [6.07, 6.45) is 7.33. The topological polar surface area (TPSA) is 79.3 Å². The molecule has 0 aromatic heterocycles. The Balaban J connectivity index is 0.000000444. The van der Waals surface area contributed by atoms with Gasteiger partial charge in [0.15, 0.2) is 0 Å². The van der Waals surface area contributed by atoms with Crippen LogP contribution in [0.1, 0.15) is 30.4 Å². The van der Waals surface area contributed by atoms with Gasteiger partial charge in [0.05, 0.1) is 13.1 Å². The molecule has 1 saturated heterocycles. The number of para-hydroxylation sites is 2. The van der Waals surface area contributed by atoms with Crippen LogP contribution in [0.5, 0.6) is 11.5 Å². The van der Waals surface area contributed by atoms with E-state index in [1.165, 1.54) is 19.3 Å². The molecule has 3 rings (SSSR count). The van der Waals surface area contributed by atoms with E-state index >= 15 is 0 Å². The number of benzene rings is 2. The largest absolute Gasteiger partial charge is 0.662 e. The maximum atomic E-state index is 9.54. The zero-order valence-electron chi connectivity index (χ0n) is 15.3. The molecule has 1 heterocycles. The van der Waals surface area contributed by atoms with E-state index in [1.54, 1.807) is 48.8 Å². The molecule has 6 heteroatoms. The van der Waals surface area contributed by atoms with Crippen LogP contribution in [-0.4, -0.2) is 48.8 Å². The summed E-state index contributed by atoms with van der Waals surface area (Å²) in [7, 11) is 0. The van der Waals surface area contributed by atoms with E-state index in [-0.39, 0.29) is 28.3 Å². The van der Waals surface area contributed by atoms with Crippen molar-refractivity contribution in [3.05, 3.63) is 65.0 Å². The van der Waals surface area contributed by atoms with E-state index < -0.39 is 0 Å². The van der Waals surface area contributed by atoms with Gasteiger partial charge in [0.1, 0.15) is 11.5 Å². The molecule has 1 radical (unpaired) electrons. The summed E-state index contributed by atoms with van der Waals surface area (Å²) < 4.78 is 0. The number of rotatable bonds is 5. The molecule has 147 valence electrons. The van der Waals surface area contributed by atoms with Gasteiger partial charge >= 0.3 is 0 Å². The van der Waals surface area contributed by atoms with Crippen molar-refractivity contribution in [1.29, 1.82) is 0 Å². The quantitative estimate of drug-likeness (QED) is 0.572. The van der Waals surface area contributed by atoms with Gasteiger partial charge < -0.3 is 15.5 Å². The number of hydrogen-bond donors (Lipinski definition) is 2. The van der Waals surface area contributed by atoms with Crippen LogP contribution in [0.3, 0.4) is 0 Å². The number of phenolic OH excluding ortho intramolecular Hbond substituents is 2. The van der Waals surface area contributed by atoms with E-state index in [9.17, 15) is 10.2 Å². The van der Waals surface area contributed by atoms with Gasteiger partial charge in [0, 0.05) is 40.3 Å². The molecule has 2 aromatic rings. The first-order valence-corrected chi connectivity index (χ1v) is 8.96. The third-order valence-corrected chi connectivity index (χ3v) is 3.82. The maximum absolute atomic E-state index is 9.54. The Morgan fingerprint density at radius 1 is 0.741 bits per heavy atom. The van der Waals surface area contributed by atoms with Crippen molar-refractivity contribution in [1.82, 2.24) is 0 Å². The van der Waals surface area contributed by atoms with Crippen molar-refractivity contribution in [2.24, 2.45) is 9.98 Å². The minimum Gasteiger partial charge on any atom is -0.662 e. The molecule has 0 amide bonds. The van der Waals surface area contributed by atoms with Crippen molar-refractivity contribution >= 4 is 12.4 Å². The SMILES string of the molecule is C1CC[N-]CC1.Oc1ccccc1C=NCCN=Cc1ccccc1O.[Co]. The van der Waals surface area contributed by atoms with Crippen molar-refractivity contribution < 1.29 is 27.0 Å². The smallest absolute Gasteiger partial charge is 0.124 e. The van der Waals surface area contributed by atoms with Crippen LogP contribution < -0.4 is 0 Å². The minimum absolute atomic E-state index is 0. The molecule has 1 aliphatic heterocycles. The van der Waals surface area contributed by atoms with Crippen LogP contribution in [0.15, 0.2) is 58.5 Å². The number of hydrogen-bond acceptors (Lipinski definition) is 4. The number of piperidine rings is 1. The fraction of sp³-hybridized carbons (Fsp3) is 0.333. The fourth-order valence-electron chi connectivity index (χ4n) is 2.37. The summed E-state index contributed by atoms with van der Waals surface area (Å²) in [6, 6.07) is 14.1. The molecule has 0 unspecified atom stereocenters. The third-order valence-electron chi connectivity index (χ3n) is 3.82. The minimum atomic E-state index is 0. The Bertz CT molecular complexity index is 649. The van der Waals surface area contributed by atoms with E-state index in [2.05, 4.69) is 15.3 Å². The molecule has 0 atom stereocenters. The van der Waals surface area contributed by atoms with Gasteiger partial charge in [-0.2, -0.15) is 0 Å². The molecule has 27 heavy (non-hydrogen) atoms. The van der Waals surface area contributed by atoms with E-state index in [1.807, 2.05) is 12.1 Å². The number of phenols is 2. The molecule has 2 aromatic carbocycles. The fourth-order valence-corrected chi connectivity index (χ4v) is 2.37. The number of aliphatic imine (C=N–C) groups is 2. The van der Waals surface area contributed by atoms with Gasteiger partial charge in [0.25, 0.3) is 0 Å². The zero-order chi connectivity index (χ0) is 18.5. The standard InChI is InChI=1S/C16H16N2O2.C5H10N.Co/c19-15-7-3-1-5-13(15)11-17-9-10-18-12-14-6-2-4-8-16(14)20;1-2-4-6-5-3-1;/h1-8,11-12,19-20H,9-10H2;1-5H2;/q;-1;. The Hall–Kier alpha value is -2.15. The summed E-state index contributed by atoms with van der Waals surface area (Å²) >= 11 is 0. The molecule has 0 aliphatic carbocycles. The van der Waals surface area contributed by atoms with Crippen LogP contribution in [0.2, 0.25) is 0 Å². The Morgan fingerprint density at radius 2 is 1.19 bits per heavy atom. The summed E-state index contributed by atoms with van der Waals surface area (Å²) in [5.74, 6) is 0.433. The van der Waals surface area contributed by atoms with Gasteiger partial charge in [-0.3, -0.25) is 9.98 Å². The van der Waals surface area contributed by atoms with Crippen molar-refractivity contribution in [2.45, 2.75) is 19.3 Å². The first-order valence-electron chi connectivity index (χ1n) is 8.96. The van der Waals surface area contributed by atoms with Crippen LogP contribution >= 0.6 is 0 Å². The molecular weight excluding hydrogens is 385 g/mol. The van der Waals surface area contributed by atoms with Crippen LogP contribution in [0, 0.1) is 0 Å². The summed E-state index contributed by atoms with van der Waals surface area (Å²) in [5, 5.41) is 23.3. The molecule has 1 aliphatic rings. The Labute approximate surface area is 171 Å². The van der Waals surface area contributed by atoms with Crippen molar-refractivity contribution in [2.75, 3.05) is 26.2 Å². The normalized spacial score (nSPS) is 13.8. The summed E-state index contributed by atoms with van der Waals surface area (Å²) in [6.45, 7) is 3.30. The molecule has 5 nitrogen and oxygen atoms in total. The van der Waals surface area contributed by atoms with E-state index in [4.69, 9.17) is 0 Å². The molecule has 2 N–H and O–H groups in total.